The van der Waals surface area contributed by atoms with Crippen LogP contribution in [-0.2, 0) is 11.2 Å². The maximum atomic E-state index is 13.8. The van der Waals surface area contributed by atoms with E-state index in [-0.39, 0.29) is 23.5 Å². The summed E-state index contributed by atoms with van der Waals surface area (Å²) in [5, 5.41) is 13.5. The zero-order chi connectivity index (χ0) is 30.6. The molecule has 0 spiro atoms. The minimum Gasteiger partial charge on any atom is -0.369 e. The molecule has 1 amide bonds. The lowest BCUT2D eigenvalue weighted by Crippen LogP contribution is -2.44. The Bertz CT molecular complexity index is 1860. The normalized spacial score (nSPS) is 13.5. The highest BCUT2D eigenvalue weighted by Crippen LogP contribution is 2.31. The Kier molecular flexibility index (Phi) is 8.11. The average Bonchev–Trinajstić information content (AvgIpc) is 3.45. The molecule has 222 valence electrons. The Hall–Kier alpha value is -5.42. The number of ketones is 1. The van der Waals surface area contributed by atoms with Gasteiger partial charge < -0.3 is 20.4 Å². The summed E-state index contributed by atoms with van der Waals surface area (Å²) in [7, 11) is 2.12. The molecular formula is C33H31FN8O2. The second-order valence-corrected chi connectivity index (χ2v) is 10.7. The fourth-order valence-electron chi connectivity index (χ4n) is 5.19. The summed E-state index contributed by atoms with van der Waals surface area (Å²) in [5.74, 6) is -0.823. The molecule has 1 fully saturated rings. The number of hydrogen-bond acceptors (Lipinski definition) is 8. The number of fused-ring (bicyclic) bond motifs is 1. The van der Waals surface area contributed by atoms with E-state index in [1.807, 2.05) is 36.4 Å². The van der Waals surface area contributed by atoms with Crippen LogP contribution in [0, 0.1) is 5.82 Å². The number of benzene rings is 3. The van der Waals surface area contributed by atoms with Gasteiger partial charge in [0.2, 0.25) is 5.95 Å². The van der Waals surface area contributed by atoms with Crippen molar-refractivity contribution in [2.75, 3.05) is 48.8 Å². The number of aromatic amines is 1. The van der Waals surface area contributed by atoms with Crippen LogP contribution in [0.25, 0.3) is 22.3 Å². The Morgan fingerprint density at radius 1 is 0.977 bits per heavy atom. The molecule has 0 bridgehead atoms. The van der Waals surface area contributed by atoms with Crippen LogP contribution in [-0.4, -0.2) is 70.0 Å². The van der Waals surface area contributed by atoms with Gasteiger partial charge in [0.15, 0.2) is 11.4 Å². The van der Waals surface area contributed by atoms with Gasteiger partial charge in [0.25, 0.3) is 5.91 Å². The van der Waals surface area contributed by atoms with Crippen molar-refractivity contribution in [1.82, 2.24) is 25.1 Å². The van der Waals surface area contributed by atoms with E-state index in [2.05, 4.69) is 61.4 Å². The summed E-state index contributed by atoms with van der Waals surface area (Å²) in [6.07, 6.45) is 1.47. The fraction of sp³-hybridized carbons (Fsp3) is 0.182. The summed E-state index contributed by atoms with van der Waals surface area (Å²) in [6.45, 7) is 7.43. The number of amides is 1. The molecule has 0 unspecified atom stereocenters. The maximum Gasteiger partial charge on any atom is 0.274 e. The number of carbonyl (C=O) groups is 2. The van der Waals surface area contributed by atoms with Crippen LogP contribution in [0.1, 0.15) is 16.1 Å². The molecule has 6 rings (SSSR count). The van der Waals surface area contributed by atoms with Gasteiger partial charge in [-0.1, -0.05) is 36.9 Å². The van der Waals surface area contributed by atoms with Crippen LogP contribution in [0.2, 0.25) is 0 Å². The van der Waals surface area contributed by atoms with Gasteiger partial charge in [-0.25, -0.2) is 9.37 Å². The number of carbonyl (C=O) groups excluding carboxylic acids is 2. The number of hydrogen-bond donors (Lipinski definition) is 3. The quantitative estimate of drug-likeness (QED) is 0.200. The van der Waals surface area contributed by atoms with E-state index in [0.717, 1.165) is 43.1 Å². The summed E-state index contributed by atoms with van der Waals surface area (Å²) in [5.41, 5.74) is 4.46. The lowest BCUT2D eigenvalue weighted by molar-refractivity contribution is -0.114. The predicted molar refractivity (Wildman–Crippen MR) is 170 cm³/mol. The van der Waals surface area contributed by atoms with Crippen molar-refractivity contribution in [2.45, 2.75) is 6.42 Å². The molecule has 3 heterocycles. The smallest absolute Gasteiger partial charge is 0.274 e. The molecule has 3 aromatic carbocycles. The topological polar surface area (TPSA) is 119 Å². The van der Waals surface area contributed by atoms with Crippen LogP contribution in [0.4, 0.5) is 27.4 Å². The van der Waals surface area contributed by atoms with Gasteiger partial charge in [0.05, 0.1) is 11.1 Å². The number of allylic oxidation sites excluding steroid dienone is 1. The summed E-state index contributed by atoms with van der Waals surface area (Å²) < 4.78 is 13.8. The van der Waals surface area contributed by atoms with Crippen LogP contribution in [0.5, 0.6) is 0 Å². The Morgan fingerprint density at radius 2 is 1.75 bits per heavy atom. The van der Waals surface area contributed by atoms with Crippen molar-refractivity contribution in [3.8, 4) is 11.3 Å². The van der Waals surface area contributed by atoms with Crippen molar-refractivity contribution >= 4 is 45.7 Å². The number of likely N-dealkylation sites (N-methyl/N-ethyl adjacent to an activating group) is 1. The molecule has 5 aromatic rings. The van der Waals surface area contributed by atoms with E-state index >= 15 is 0 Å². The number of piperazine rings is 1. The number of nitrogens with one attached hydrogen (secondary N) is 3. The second kappa shape index (κ2) is 12.4. The number of H-pyrrole nitrogens is 1. The van der Waals surface area contributed by atoms with Crippen molar-refractivity contribution in [1.29, 1.82) is 0 Å². The third kappa shape index (κ3) is 6.32. The Labute approximate surface area is 253 Å². The first-order chi connectivity index (χ1) is 21.4. The van der Waals surface area contributed by atoms with Gasteiger partial charge in [0, 0.05) is 55.2 Å². The van der Waals surface area contributed by atoms with Gasteiger partial charge in [-0.2, -0.15) is 10.1 Å². The monoisotopic (exact) mass is 590 g/mol. The van der Waals surface area contributed by atoms with E-state index in [9.17, 15) is 14.0 Å². The molecule has 3 N–H and O–H groups in total. The highest BCUT2D eigenvalue weighted by Gasteiger charge is 2.22. The second-order valence-electron chi connectivity index (χ2n) is 10.7. The Morgan fingerprint density at radius 3 is 2.55 bits per heavy atom. The van der Waals surface area contributed by atoms with Crippen LogP contribution >= 0.6 is 0 Å². The van der Waals surface area contributed by atoms with Crippen LogP contribution in [0.15, 0.2) is 85.5 Å². The van der Waals surface area contributed by atoms with Gasteiger partial charge in [-0.15, -0.1) is 0 Å². The van der Waals surface area contributed by atoms with E-state index in [1.165, 1.54) is 24.3 Å². The highest BCUT2D eigenvalue weighted by atomic mass is 19.1. The molecule has 1 aliphatic heterocycles. The van der Waals surface area contributed by atoms with Crippen molar-refractivity contribution in [2.24, 2.45) is 0 Å². The molecule has 11 heteroatoms. The summed E-state index contributed by atoms with van der Waals surface area (Å²) in [6, 6.07) is 21.1. The molecular weight excluding hydrogens is 559 g/mol. The molecule has 1 aliphatic rings. The molecule has 10 nitrogen and oxygen atoms in total. The molecule has 0 saturated carbocycles. The first-order valence-electron chi connectivity index (χ1n) is 14.2. The lowest BCUT2D eigenvalue weighted by atomic mass is 10.0. The lowest BCUT2D eigenvalue weighted by Gasteiger charge is -2.34. The van der Waals surface area contributed by atoms with Crippen LogP contribution < -0.4 is 15.5 Å². The van der Waals surface area contributed by atoms with E-state index in [0.29, 0.717) is 28.3 Å². The zero-order valence-electron chi connectivity index (χ0n) is 24.2. The minimum atomic E-state index is -0.526. The third-order valence-electron chi connectivity index (χ3n) is 7.50. The Balaban J connectivity index is 1.39. The van der Waals surface area contributed by atoms with E-state index < -0.39 is 11.7 Å². The molecule has 44 heavy (non-hydrogen) atoms. The number of rotatable bonds is 9. The molecule has 0 aliphatic carbocycles. The number of nitrogens with zero attached hydrogens (tertiary/aromatic N) is 5. The zero-order valence-corrected chi connectivity index (χ0v) is 24.2. The average molecular weight is 591 g/mol. The van der Waals surface area contributed by atoms with Gasteiger partial charge >= 0.3 is 0 Å². The standard InChI is InChI=1S/C33H31FN8O2/c1-3-27(43)18-21-7-4-8-22(17-21)29-28-30(32(44)35-24-10-5-9-23(34)19-24)39-40-31(28)38-33(37-29)36-25-11-6-12-26(20-25)42-15-13-41(2)14-16-42/h3-12,17,19-20H,1,13-16,18H2,2H3,(H,35,44)(H2,36,37,38,39,40). The van der Waals surface area contributed by atoms with Gasteiger partial charge in [0.1, 0.15) is 11.5 Å². The SMILES string of the molecule is C=CC(=O)Cc1cccc(-c2nc(Nc3cccc(N4CCN(C)CC4)c3)nc3n[nH]c(C(=O)Nc4cccc(F)c4)c23)c1. The van der Waals surface area contributed by atoms with Crippen LogP contribution in [0.3, 0.4) is 0 Å². The summed E-state index contributed by atoms with van der Waals surface area (Å²) in [4.78, 5) is 39.6. The number of anilines is 4. The van der Waals surface area contributed by atoms with Gasteiger partial charge in [-0.3, -0.25) is 14.7 Å². The van der Waals surface area contributed by atoms with E-state index in [4.69, 9.17) is 4.98 Å². The summed E-state index contributed by atoms with van der Waals surface area (Å²) >= 11 is 0. The first-order valence-corrected chi connectivity index (χ1v) is 14.2. The van der Waals surface area contributed by atoms with Gasteiger partial charge in [-0.05, 0) is 61.2 Å². The van der Waals surface area contributed by atoms with E-state index in [1.54, 1.807) is 6.07 Å². The first kappa shape index (κ1) is 28.7. The minimum absolute atomic E-state index is 0.115. The highest BCUT2D eigenvalue weighted by molar-refractivity contribution is 6.13. The van der Waals surface area contributed by atoms with Crippen molar-refractivity contribution in [3.05, 3.63) is 103 Å². The fourth-order valence-corrected chi connectivity index (χ4v) is 5.19. The van der Waals surface area contributed by atoms with Crippen molar-refractivity contribution < 1.29 is 14.0 Å². The molecule has 0 atom stereocenters. The number of aromatic nitrogens is 4. The predicted octanol–water partition coefficient (Wildman–Crippen LogP) is 5.20. The van der Waals surface area contributed by atoms with Crippen molar-refractivity contribution in [3.63, 3.8) is 0 Å². The number of halogens is 1. The largest absolute Gasteiger partial charge is 0.369 e. The third-order valence-corrected chi connectivity index (χ3v) is 7.50. The molecule has 1 saturated heterocycles. The maximum absolute atomic E-state index is 13.8. The molecule has 0 radical (unpaired) electrons. The molecule has 2 aromatic heterocycles.